The summed E-state index contributed by atoms with van der Waals surface area (Å²) in [6.07, 6.45) is 2.16. The van der Waals surface area contributed by atoms with Crippen molar-refractivity contribution in [2.75, 3.05) is 32.1 Å². The van der Waals surface area contributed by atoms with Gasteiger partial charge in [-0.3, -0.25) is 4.90 Å². The quantitative estimate of drug-likeness (QED) is 0.551. The molecular formula is C24H28ClN3O2. The van der Waals surface area contributed by atoms with Gasteiger partial charge in [0.1, 0.15) is 5.82 Å². The molecule has 4 rings (SSSR count). The van der Waals surface area contributed by atoms with Crippen LogP contribution in [0.25, 0.3) is 10.9 Å². The molecule has 0 radical (unpaired) electrons. The molecule has 1 aromatic heterocycles. The summed E-state index contributed by atoms with van der Waals surface area (Å²) in [7, 11) is 1.67. The molecule has 0 spiro atoms. The fourth-order valence-corrected chi connectivity index (χ4v) is 4.21. The van der Waals surface area contributed by atoms with Gasteiger partial charge in [0.25, 0.3) is 0 Å². The largest absolute Gasteiger partial charge is 0.493 e. The average molecular weight is 426 g/mol. The van der Waals surface area contributed by atoms with Crippen molar-refractivity contribution in [2.24, 2.45) is 0 Å². The molecule has 158 valence electrons. The topological polar surface area (TPSA) is 46.6 Å². The van der Waals surface area contributed by atoms with Crippen LogP contribution in [0, 0.1) is 0 Å². The molecule has 2 heterocycles. The molecule has 3 aromatic rings. The van der Waals surface area contributed by atoms with Crippen LogP contribution in [0.4, 0.5) is 5.82 Å². The number of likely N-dealkylation sites (tertiary alicyclic amines) is 1. The van der Waals surface area contributed by atoms with E-state index in [9.17, 15) is 0 Å². The van der Waals surface area contributed by atoms with Gasteiger partial charge in [-0.05, 0) is 55.7 Å². The number of rotatable bonds is 7. The lowest BCUT2D eigenvalue weighted by Gasteiger charge is -2.32. The predicted octanol–water partition coefficient (Wildman–Crippen LogP) is 5.37. The van der Waals surface area contributed by atoms with Gasteiger partial charge in [0.05, 0.1) is 24.3 Å². The molecule has 1 fully saturated rings. The van der Waals surface area contributed by atoms with Gasteiger partial charge >= 0.3 is 0 Å². The molecule has 6 heteroatoms. The highest BCUT2D eigenvalue weighted by Crippen LogP contribution is 2.29. The summed E-state index contributed by atoms with van der Waals surface area (Å²) in [5, 5.41) is 5.35. The number of para-hydroxylation sites is 1. The number of nitrogens with zero attached hydrogens (tertiary/aromatic N) is 2. The van der Waals surface area contributed by atoms with Crippen molar-refractivity contribution >= 4 is 28.3 Å². The van der Waals surface area contributed by atoms with Crippen molar-refractivity contribution in [1.82, 2.24) is 9.88 Å². The minimum atomic E-state index is 0.420. The van der Waals surface area contributed by atoms with Crippen LogP contribution in [0.1, 0.15) is 25.3 Å². The van der Waals surface area contributed by atoms with Crippen molar-refractivity contribution in [3.05, 3.63) is 59.1 Å². The van der Waals surface area contributed by atoms with Gasteiger partial charge in [-0.1, -0.05) is 29.8 Å². The zero-order chi connectivity index (χ0) is 20.9. The van der Waals surface area contributed by atoms with Crippen molar-refractivity contribution < 1.29 is 9.47 Å². The highest BCUT2D eigenvalue weighted by Gasteiger charge is 2.20. The molecule has 1 N–H and O–H groups in total. The van der Waals surface area contributed by atoms with Gasteiger partial charge in [0.15, 0.2) is 11.5 Å². The Balaban J connectivity index is 1.34. The number of halogens is 1. The zero-order valence-corrected chi connectivity index (χ0v) is 18.3. The molecule has 1 aliphatic heterocycles. The molecule has 0 unspecified atom stereocenters. The summed E-state index contributed by atoms with van der Waals surface area (Å²) in [5.74, 6) is 2.49. The number of anilines is 1. The van der Waals surface area contributed by atoms with E-state index in [1.165, 1.54) is 5.56 Å². The number of ether oxygens (including phenoxy) is 2. The van der Waals surface area contributed by atoms with Crippen LogP contribution in [-0.4, -0.2) is 42.7 Å². The van der Waals surface area contributed by atoms with Crippen LogP contribution < -0.4 is 14.8 Å². The fourth-order valence-electron chi connectivity index (χ4n) is 3.98. The van der Waals surface area contributed by atoms with Crippen molar-refractivity contribution in [1.29, 1.82) is 0 Å². The molecule has 0 saturated carbocycles. The Kier molecular flexibility index (Phi) is 6.60. The first kappa shape index (κ1) is 20.8. The lowest BCUT2D eigenvalue weighted by molar-refractivity contribution is 0.210. The number of hydrogen-bond acceptors (Lipinski definition) is 5. The molecule has 2 aromatic carbocycles. The second-order valence-corrected chi connectivity index (χ2v) is 8.03. The third kappa shape index (κ3) is 4.79. The number of nitrogens with one attached hydrogen (secondary N) is 1. The first-order valence-electron chi connectivity index (χ1n) is 10.5. The minimum Gasteiger partial charge on any atom is -0.493 e. The van der Waals surface area contributed by atoms with Gasteiger partial charge in [-0.2, -0.15) is 0 Å². The molecule has 1 saturated heterocycles. The van der Waals surface area contributed by atoms with E-state index in [-0.39, 0.29) is 0 Å². The van der Waals surface area contributed by atoms with Crippen LogP contribution in [0.3, 0.4) is 0 Å². The Labute approximate surface area is 183 Å². The smallest absolute Gasteiger partial charge is 0.161 e. The van der Waals surface area contributed by atoms with Crippen LogP contribution in [-0.2, 0) is 6.54 Å². The number of pyridine rings is 1. The van der Waals surface area contributed by atoms with Crippen LogP contribution in [0.15, 0.2) is 48.5 Å². The SMILES string of the molecule is CCOc1cc(CN2CCC(Nc3ccc4cccc(Cl)c4n3)CC2)ccc1OC. The predicted molar refractivity (Wildman–Crippen MR) is 123 cm³/mol. The normalized spacial score (nSPS) is 15.3. The summed E-state index contributed by atoms with van der Waals surface area (Å²) >= 11 is 6.30. The summed E-state index contributed by atoms with van der Waals surface area (Å²) in [4.78, 5) is 7.20. The van der Waals surface area contributed by atoms with Gasteiger partial charge in [0.2, 0.25) is 0 Å². The number of methoxy groups -OCH3 is 1. The third-order valence-corrected chi connectivity index (χ3v) is 5.85. The summed E-state index contributed by atoms with van der Waals surface area (Å²) in [5.41, 5.74) is 2.10. The Morgan fingerprint density at radius 3 is 2.70 bits per heavy atom. The Morgan fingerprint density at radius 1 is 1.10 bits per heavy atom. The van der Waals surface area contributed by atoms with E-state index in [4.69, 9.17) is 26.1 Å². The molecule has 0 atom stereocenters. The molecule has 0 amide bonds. The molecule has 30 heavy (non-hydrogen) atoms. The lowest BCUT2D eigenvalue weighted by Crippen LogP contribution is -2.38. The second kappa shape index (κ2) is 9.54. The van der Waals surface area contributed by atoms with E-state index in [0.717, 1.165) is 60.7 Å². The monoisotopic (exact) mass is 425 g/mol. The molecule has 0 bridgehead atoms. The fraction of sp³-hybridized carbons (Fsp3) is 0.375. The van der Waals surface area contributed by atoms with E-state index >= 15 is 0 Å². The summed E-state index contributed by atoms with van der Waals surface area (Å²) < 4.78 is 11.1. The molecule has 0 aliphatic carbocycles. The van der Waals surface area contributed by atoms with Crippen LogP contribution in [0.2, 0.25) is 5.02 Å². The Morgan fingerprint density at radius 2 is 1.93 bits per heavy atom. The number of benzene rings is 2. The minimum absolute atomic E-state index is 0.420. The van der Waals surface area contributed by atoms with Gasteiger partial charge < -0.3 is 14.8 Å². The molecular weight excluding hydrogens is 398 g/mol. The number of aromatic nitrogens is 1. The lowest BCUT2D eigenvalue weighted by atomic mass is 10.0. The Hall–Kier alpha value is -2.50. The van der Waals surface area contributed by atoms with Gasteiger partial charge in [-0.15, -0.1) is 0 Å². The van der Waals surface area contributed by atoms with Gasteiger partial charge in [0, 0.05) is 31.1 Å². The average Bonchev–Trinajstić information content (AvgIpc) is 2.76. The second-order valence-electron chi connectivity index (χ2n) is 7.62. The van der Waals surface area contributed by atoms with E-state index < -0.39 is 0 Å². The van der Waals surface area contributed by atoms with E-state index in [2.05, 4.69) is 28.4 Å². The molecule has 5 nitrogen and oxygen atoms in total. The number of hydrogen-bond donors (Lipinski definition) is 1. The molecule has 1 aliphatic rings. The standard InChI is InChI=1S/C24H28ClN3O2/c1-3-30-22-15-17(7-9-21(22)29-2)16-28-13-11-19(12-14-28)26-23-10-8-18-5-4-6-20(25)24(18)27-23/h4-10,15,19H,3,11-14,16H2,1-2H3,(H,26,27). The number of fused-ring (bicyclic) bond motifs is 1. The number of piperidine rings is 1. The van der Waals surface area contributed by atoms with Crippen LogP contribution >= 0.6 is 11.6 Å². The van der Waals surface area contributed by atoms with E-state index in [1.807, 2.05) is 37.3 Å². The van der Waals surface area contributed by atoms with Crippen LogP contribution in [0.5, 0.6) is 11.5 Å². The maximum absolute atomic E-state index is 6.30. The van der Waals surface area contributed by atoms with E-state index in [0.29, 0.717) is 17.7 Å². The Bertz CT molecular complexity index is 1000. The maximum Gasteiger partial charge on any atom is 0.161 e. The van der Waals surface area contributed by atoms with Crippen molar-refractivity contribution in [3.8, 4) is 11.5 Å². The maximum atomic E-state index is 6.30. The zero-order valence-electron chi connectivity index (χ0n) is 17.5. The first-order chi connectivity index (χ1) is 14.7. The summed E-state index contributed by atoms with van der Waals surface area (Å²) in [6.45, 7) is 5.62. The first-order valence-corrected chi connectivity index (χ1v) is 10.9. The van der Waals surface area contributed by atoms with E-state index in [1.54, 1.807) is 7.11 Å². The van der Waals surface area contributed by atoms with Gasteiger partial charge in [-0.25, -0.2) is 4.98 Å². The third-order valence-electron chi connectivity index (χ3n) is 5.54. The van der Waals surface area contributed by atoms with Crippen molar-refractivity contribution in [3.63, 3.8) is 0 Å². The van der Waals surface area contributed by atoms with Crippen molar-refractivity contribution in [2.45, 2.75) is 32.4 Å². The highest BCUT2D eigenvalue weighted by molar-refractivity contribution is 6.35. The highest BCUT2D eigenvalue weighted by atomic mass is 35.5. The summed E-state index contributed by atoms with van der Waals surface area (Å²) in [6, 6.07) is 16.6.